The average molecular weight is 475 g/mol. The number of rotatable bonds is 8. The molecule has 8 heteroatoms. The number of nitrogens with zero attached hydrogens (tertiary/aromatic N) is 1. The Kier molecular flexibility index (Phi) is 7.05. The lowest BCUT2D eigenvalue weighted by Gasteiger charge is -2.10. The highest BCUT2D eigenvalue weighted by atomic mass is 35.5. The Labute approximate surface area is 200 Å². The fourth-order valence-corrected chi connectivity index (χ4v) is 3.32. The topological polar surface area (TPSA) is 90.7 Å². The smallest absolute Gasteiger partial charge is 0.276 e. The molecule has 0 saturated heterocycles. The summed E-state index contributed by atoms with van der Waals surface area (Å²) >= 11 is 5.98. The van der Waals surface area contributed by atoms with Crippen LogP contribution in [0.25, 0.3) is 0 Å². The number of benzene rings is 4. The summed E-state index contributed by atoms with van der Waals surface area (Å²) in [5.74, 6) is 1.07. The van der Waals surface area contributed by atoms with E-state index in [2.05, 4.69) is 5.32 Å². The van der Waals surface area contributed by atoms with Crippen molar-refractivity contribution in [3.8, 4) is 23.0 Å². The number of amides is 1. The minimum absolute atomic E-state index is 0.188. The average Bonchev–Trinajstić information content (AvgIpc) is 2.83. The van der Waals surface area contributed by atoms with Gasteiger partial charge in [-0.2, -0.15) is 0 Å². The van der Waals surface area contributed by atoms with Gasteiger partial charge in [-0.25, -0.2) is 0 Å². The first kappa shape index (κ1) is 22.8. The zero-order valence-corrected chi connectivity index (χ0v) is 18.6. The van der Waals surface area contributed by atoms with Gasteiger partial charge in [-0.3, -0.25) is 14.9 Å². The predicted molar refractivity (Wildman–Crippen MR) is 129 cm³/mol. The van der Waals surface area contributed by atoms with Crippen LogP contribution >= 0.6 is 11.6 Å². The van der Waals surface area contributed by atoms with Crippen LogP contribution < -0.4 is 14.8 Å². The number of hydrogen-bond acceptors (Lipinski definition) is 5. The molecular weight excluding hydrogens is 456 g/mol. The standard InChI is InChI=1S/C26H19ClN2O5/c27-20-7-4-8-23(13-20)34-25-15-21(29(31)32)14-24(16-25)33-22-11-9-19(10-12-22)26(30)28-17-18-5-2-1-3-6-18/h1-16H,17H2,(H,28,30). The number of nitro groups is 1. The van der Waals surface area contributed by atoms with Crippen molar-refractivity contribution in [2.75, 3.05) is 0 Å². The SMILES string of the molecule is O=C(NCc1ccccc1)c1ccc(Oc2cc(Oc3cccc(Cl)c3)cc([N+](=O)[O-])c2)cc1. The first-order valence-electron chi connectivity index (χ1n) is 10.3. The Hall–Kier alpha value is -4.36. The van der Waals surface area contributed by atoms with Crippen molar-refractivity contribution in [1.82, 2.24) is 5.32 Å². The minimum Gasteiger partial charge on any atom is -0.457 e. The summed E-state index contributed by atoms with van der Waals surface area (Å²) < 4.78 is 11.5. The summed E-state index contributed by atoms with van der Waals surface area (Å²) in [7, 11) is 0. The zero-order valence-electron chi connectivity index (χ0n) is 17.8. The van der Waals surface area contributed by atoms with Crippen LogP contribution in [0.15, 0.2) is 97.1 Å². The molecule has 0 bridgehead atoms. The number of nitro benzene ring substituents is 1. The third-order valence-corrected chi connectivity index (χ3v) is 4.99. The van der Waals surface area contributed by atoms with E-state index < -0.39 is 4.92 Å². The van der Waals surface area contributed by atoms with Crippen LogP contribution in [0.5, 0.6) is 23.0 Å². The predicted octanol–water partition coefficient (Wildman–Crippen LogP) is 6.76. The number of carbonyl (C=O) groups is 1. The van der Waals surface area contributed by atoms with Crippen molar-refractivity contribution < 1.29 is 19.2 Å². The van der Waals surface area contributed by atoms with Crippen LogP contribution in [0.1, 0.15) is 15.9 Å². The maximum atomic E-state index is 12.4. The molecule has 0 spiro atoms. The van der Waals surface area contributed by atoms with E-state index in [1.165, 1.54) is 18.2 Å². The molecule has 7 nitrogen and oxygen atoms in total. The summed E-state index contributed by atoms with van der Waals surface area (Å²) in [5, 5.41) is 14.7. The quantitative estimate of drug-likeness (QED) is 0.225. The van der Waals surface area contributed by atoms with Gasteiger partial charge in [0.1, 0.15) is 23.0 Å². The summed E-state index contributed by atoms with van der Waals surface area (Å²) in [6, 6.07) is 26.9. The van der Waals surface area contributed by atoms with E-state index in [0.29, 0.717) is 28.6 Å². The fraction of sp³-hybridized carbons (Fsp3) is 0.0385. The highest BCUT2D eigenvalue weighted by Gasteiger charge is 2.14. The lowest BCUT2D eigenvalue weighted by atomic mass is 10.2. The number of ether oxygens (including phenoxy) is 2. The molecule has 1 N–H and O–H groups in total. The molecule has 0 radical (unpaired) electrons. The summed E-state index contributed by atoms with van der Waals surface area (Å²) in [6.07, 6.45) is 0. The van der Waals surface area contributed by atoms with Crippen LogP contribution in [0.3, 0.4) is 0 Å². The molecule has 0 aromatic heterocycles. The fourth-order valence-electron chi connectivity index (χ4n) is 3.14. The van der Waals surface area contributed by atoms with Crippen molar-refractivity contribution in [2.45, 2.75) is 6.54 Å². The van der Waals surface area contributed by atoms with Gasteiger partial charge in [-0.05, 0) is 48.0 Å². The normalized spacial score (nSPS) is 10.4. The van der Waals surface area contributed by atoms with E-state index in [1.54, 1.807) is 48.5 Å². The van der Waals surface area contributed by atoms with Gasteiger partial charge in [0.25, 0.3) is 11.6 Å². The molecule has 0 fully saturated rings. The van der Waals surface area contributed by atoms with E-state index in [0.717, 1.165) is 5.56 Å². The van der Waals surface area contributed by atoms with Gasteiger partial charge in [0, 0.05) is 23.2 Å². The van der Waals surface area contributed by atoms with Crippen LogP contribution in [0.4, 0.5) is 5.69 Å². The number of non-ortho nitro benzene ring substituents is 1. The van der Waals surface area contributed by atoms with Gasteiger partial charge in [0.15, 0.2) is 0 Å². The summed E-state index contributed by atoms with van der Waals surface area (Å²) in [6.45, 7) is 0.418. The van der Waals surface area contributed by atoms with Gasteiger partial charge < -0.3 is 14.8 Å². The van der Waals surface area contributed by atoms with Crippen LogP contribution in [-0.4, -0.2) is 10.8 Å². The molecule has 0 aliphatic heterocycles. The van der Waals surface area contributed by atoms with Gasteiger partial charge in [-0.1, -0.05) is 48.0 Å². The Bertz CT molecular complexity index is 1310. The van der Waals surface area contributed by atoms with Gasteiger partial charge in [0.05, 0.1) is 17.1 Å². The van der Waals surface area contributed by atoms with Crippen LogP contribution in [0.2, 0.25) is 5.02 Å². The van der Waals surface area contributed by atoms with Gasteiger partial charge in [0.2, 0.25) is 0 Å². The highest BCUT2D eigenvalue weighted by molar-refractivity contribution is 6.30. The van der Waals surface area contributed by atoms with E-state index in [-0.39, 0.29) is 23.1 Å². The Morgan fingerprint density at radius 2 is 1.47 bits per heavy atom. The van der Waals surface area contributed by atoms with Crippen molar-refractivity contribution in [1.29, 1.82) is 0 Å². The van der Waals surface area contributed by atoms with Crippen molar-refractivity contribution >= 4 is 23.2 Å². The number of nitrogens with one attached hydrogen (secondary N) is 1. The molecule has 1 amide bonds. The van der Waals surface area contributed by atoms with E-state index >= 15 is 0 Å². The lowest BCUT2D eigenvalue weighted by molar-refractivity contribution is -0.385. The largest absolute Gasteiger partial charge is 0.457 e. The zero-order chi connectivity index (χ0) is 23.9. The Morgan fingerprint density at radius 1 is 0.794 bits per heavy atom. The van der Waals surface area contributed by atoms with Crippen molar-refractivity contribution in [2.24, 2.45) is 0 Å². The summed E-state index contributed by atoms with van der Waals surface area (Å²) in [5.41, 5.74) is 1.27. The molecule has 0 aliphatic rings. The molecule has 4 rings (SSSR count). The molecule has 0 saturated carbocycles. The molecule has 0 atom stereocenters. The van der Waals surface area contributed by atoms with E-state index in [1.807, 2.05) is 30.3 Å². The Balaban J connectivity index is 1.46. The molecule has 4 aromatic rings. The maximum absolute atomic E-state index is 12.4. The first-order valence-corrected chi connectivity index (χ1v) is 10.7. The maximum Gasteiger partial charge on any atom is 0.276 e. The molecule has 4 aromatic carbocycles. The van der Waals surface area contributed by atoms with Crippen LogP contribution in [0, 0.1) is 10.1 Å². The Morgan fingerprint density at radius 3 is 2.12 bits per heavy atom. The second kappa shape index (κ2) is 10.5. The van der Waals surface area contributed by atoms with Gasteiger partial charge >= 0.3 is 0 Å². The monoisotopic (exact) mass is 474 g/mol. The highest BCUT2D eigenvalue weighted by Crippen LogP contribution is 2.34. The van der Waals surface area contributed by atoms with Crippen molar-refractivity contribution in [3.05, 3.63) is 123 Å². The number of carbonyl (C=O) groups excluding carboxylic acids is 1. The first-order chi connectivity index (χ1) is 16.5. The molecule has 170 valence electrons. The number of hydrogen-bond donors (Lipinski definition) is 1. The second-order valence-corrected chi connectivity index (χ2v) is 7.71. The third-order valence-electron chi connectivity index (χ3n) is 4.76. The molecular formula is C26H19ClN2O5. The summed E-state index contributed by atoms with van der Waals surface area (Å²) in [4.78, 5) is 23.2. The molecule has 0 aliphatic carbocycles. The van der Waals surface area contributed by atoms with Crippen LogP contribution in [-0.2, 0) is 6.54 Å². The number of halogens is 1. The van der Waals surface area contributed by atoms with Crippen molar-refractivity contribution in [3.63, 3.8) is 0 Å². The minimum atomic E-state index is -0.530. The van der Waals surface area contributed by atoms with Gasteiger partial charge in [-0.15, -0.1) is 0 Å². The molecule has 0 heterocycles. The second-order valence-electron chi connectivity index (χ2n) is 7.27. The lowest BCUT2D eigenvalue weighted by Crippen LogP contribution is -2.22. The molecule has 34 heavy (non-hydrogen) atoms. The van der Waals surface area contributed by atoms with E-state index in [9.17, 15) is 14.9 Å². The van der Waals surface area contributed by atoms with E-state index in [4.69, 9.17) is 21.1 Å². The molecule has 0 unspecified atom stereocenters. The third kappa shape index (κ3) is 6.11.